The normalized spacial score (nSPS) is 10.8. The zero-order chi connectivity index (χ0) is 14.1. The molecule has 0 unspecified atom stereocenters. The Labute approximate surface area is 124 Å². The molecule has 100 valence electrons. The van der Waals surface area contributed by atoms with Gasteiger partial charge in [0, 0.05) is 0 Å². The number of hydrogen-bond acceptors (Lipinski definition) is 2. The summed E-state index contributed by atoms with van der Waals surface area (Å²) in [5.74, 6) is 0.745. The molecular formula is C15H8Cl2FNO. The highest BCUT2D eigenvalue weighted by Crippen LogP contribution is 2.35. The first kappa shape index (κ1) is 13.2. The first-order chi connectivity index (χ1) is 9.63. The van der Waals surface area contributed by atoms with Crippen LogP contribution in [0.25, 0.3) is 10.8 Å². The summed E-state index contributed by atoms with van der Waals surface area (Å²) in [4.78, 5) is 4.01. The lowest BCUT2D eigenvalue weighted by molar-refractivity contribution is 0.486. The fraction of sp³-hybridized carbons (Fsp3) is 0. The van der Waals surface area contributed by atoms with E-state index in [1.807, 2.05) is 12.1 Å². The molecule has 0 bridgehead atoms. The first-order valence-corrected chi connectivity index (χ1v) is 6.57. The van der Waals surface area contributed by atoms with Crippen LogP contribution in [0.15, 0.2) is 48.5 Å². The Morgan fingerprint density at radius 3 is 2.50 bits per heavy atom. The minimum absolute atomic E-state index is 0.269. The van der Waals surface area contributed by atoms with E-state index in [0.29, 0.717) is 22.0 Å². The Bertz CT molecular complexity index is 775. The van der Waals surface area contributed by atoms with E-state index >= 15 is 0 Å². The molecule has 0 N–H and O–H groups in total. The Morgan fingerprint density at radius 1 is 1.00 bits per heavy atom. The maximum atomic E-state index is 12.9. The molecule has 0 saturated heterocycles. The van der Waals surface area contributed by atoms with Gasteiger partial charge in [0.05, 0.1) is 5.39 Å². The van der Waals surface area contributed by atoms with Crippen LogP contribution >= 0.6 is 23.2 Å². The zero-order valence-electron chi connectivity index (χ0n) is 10.1. The number of pyridine rings is 1. The summed E-state index contributed by atoms with van der Waals surface area (Å²) in [5.41, 5.74) is 0. The van der Waals surface area contributed by atoms with Crippen LogP contribution in [0.1, 0.15) is 0 Å². The van der Waals surface area contributed by atoms with Crippen molar-refractivity contribution >= 4 is 34.0 Å². The molecule has 1 aromatic heterocycles. The highest BCUT2D eigenvalue weighted by atomic mass is 35.5. The van der Waals surface area contributed by atoms with Crippen molar-refractivity contribution in [2.24, 2.45) is 0 Å². The zero-order valence-corrected chi connectivity index (χ0v) is 11.6. The lowest BCUT2D eigenvalue weighted by atomic mass is 10.1. The molecule has 0 saturated carbocycles. The number of nitrogens with zero attached hydrogens (tertiary/aromatic N) is 1. The first-order valence-electron chi connectivity index (χ1n) is 5.82. The Balaban J connectivity index is 2.09. The Kier molecular flexibility index (Phi) is 3.47. The largest absolute Gasteiger partial charge is 0.457 e. The highest BCUT2D eigenvalue weighted by Gasteiger charge is 2.10. The van der Waals surface area contributed by atoms with Gasteiger partial charge >= 0.3 is 0 Å². The molecule has 2 aromatic carbocycles. The number of hydrogen-bond donors (Lipinski definition) is 0. The van der Waals surface area contributed by atoms with Crippen LogP contribution in [0, 0.1) is 5.82 Å². The van der Waals surface area contributed by atoms with Gasteiger partial charge < -0.3 is 4.74 Å². The second-order valence-corrected chi connectivity index (χ2v) is 4.89. The van der Waals surface area contributed by atoms with Gasteiger partial charge in [-0.15, -0.1) is 0 Å². The van der Waals surface area contributed by atoms with Gasteiger partial charge in [-0.2, -0.15) is 0 Å². The standard InChI is InChI=1S/C15H8Cl2FNO/c16-13-8-9-2-1-3-12(14(9)15(17)19-13)20-11-6-4-10(18)5-7-11/h1-8H. The molecule has 0 fully saturated rings. The average Bonchev–Trinajstić information content (AvgIpc) is 2.41. The molecule has 0 spiro atoms. The van der Waals surface area contributed by atoms with E-state index in [-0.39, 0.29) is 11.0 Å². The van der Waals surface area contributed by atoms with Crippen LogP contribution in [0.2, 0.25) is 10.3 Å². The van der Waals surface area contributed by atoms with Gasteiger partial charge in [-0.3, -0.25) is 0 Å². The minimum atomic E-state index is -0.318. The van der Waals surface area contributed by atoms with E-state index in [0.717, 1.165) is 5.39 Å². The molecule has 5 heteroatoms. The maximum absolute atomic E-state index is 12.9. The summed E-state index contributed by atoms with van der Waals surface area (Å²) in [6, 6.07) is 12.9. The second kappa shape index (κ2) is 5.27. The van der Waals surface area contributed by atoms with Crippen LogP contribution in [0.3, 0.4) is 0 Å². The van der Waals surface area contributed by atoms with E-state index in [9.17, 15) is 4.39 Å². The molecule has 0 aliphatic carbocycles. The monoisotopic (exact) mass is 307 g/mol. The average molecular weight is 308 g/mol. The van der Waals surface area contributed by atoms with E-state index in [4.69, 9.17) is 27.9 Å². The van der Waals surface area contributed by atoms with Gasteiger partial charge in [-0.05, 0) is 41.8 Å². The summed E-state index contributed by atoms with van der Waals surface area (Å²) < 4.78 is 18.6. The van der Waals surface area contributed by atoms with Crippen molar-refractivity contribution in [3.05, 3.63) is 64.7 Å². The third-order valence-electron chi connectivity index (χ3n) is 2.79. The third kappa shape index (κ3) is 2.55. The number of rotatable bonds is 2. The van der Waals surface area contributed by atoms with Crippen molar-refractivity contribution in [3.63, 3.8) is 0 Å². The van der Waals surface area contributed by atoms with Gasteiger partial charge in [0.25, 0.3) is 0 Å². The van der Waals surface area contributed by atoms with Crippen LogP contribution in [0.5, 0.6) is 11.5 Å². The van der Waals surface area contributed by atoms with Gasteiger partial charge in [-0.1, -0.05) is 35.3 Å². The summed E-state index contributed by atoms with van der Waals surface area (Å²) >= 11 is 12.0. The van der Waals surface area contributed by atoms with E-state index < -0.39 is 0 Å². The third-order valence-corrected chi connectivity index (χ3v) is 3.25. The van der Waals surface area contributed by atoms with Crippen LogP contribution < -0.4 is 4.74 Å². The number of fused-ring (bicyclic) bond motifs is 1. The molecule has 0 atom stereocenters. The predicted octanol–water partition coefficient (Wildman–Crippen LogP) is 5.47. The van der Waals surface area contributed by atoms with Crippen molar-refractivity contribution in [2.75, 3.05) is 0 Å². The van der Waals surface area contributed by atoms with Crippen molar-refractivity contribution < 1.29 is 9.13 Å². The summed E-state index contributed by atoms with van der Waals surface area (Å²) in [6.45, 7) is 0. The molecule has 3 rings (SSSR count). The van der Waals surface area contributed by atoms with E-state index in [1.54, 1.807) is 24.3 Å². The van der Waals surface area contributed by atoms with Gasteiger partial charge in [0.2, 0.25) is 0 Å². The molecule has 0 radical (unpaired) electrons. The van der Waals surface area contributed by atoms with Crippen LogP contribution in [-0.2, 0) is 0 Å². The summed E-state index contributed by atoms with van der Waals surface area (Å²) in [6.07, 6.45) is 0. The second-order valence-electron chi connectivity index (χ2n) is 4.15. The number of ether oxygens (including phenoxy) is 1. The van der Waals surface area contributed by atoms with Gasteiger partial charge in [-0.25, -0.2) is 9.37 Å². The number of benzene rings is 2. The molecule has 2 nitrogen and oxygen atoms in total. The number of aromatic nitrogens is 1. The fourth-order valence-electron chi connectivity index (χ4n) is 1.91. The molecular weight excluding hydrogens is 300 g/mol. The lowest BCUT2D eigenvalue weighted by Gasteiger charge is -2.10. The minimum Gasteiger partial charge on any atom is -0.457 e. The summed E-state index contributed by atoms with van der Waals surface area (Å²) in [7, 11) is 0. The molecule has 0 amide bonds. The predicted molar refractivity (Wildman–Crippen MR) is 78.2 cm³/mol. The molecule has 20 heavy (non-hydrogen) atoms. The quantitative estimate of drug-likeness (QED) is 0.585. The molecule has 0 aliphatic rings. The smallest absolute Gasteiger partial charge is 0.142 e. The van der Waals surface area contributed by atoms with Crippen LogP contribution in [0.4, 0.5) is 4.39 Å². The highest BCUT2D eigenvalue weighted by molar-refractivity contribution is 6.37. The number of halogens is 3. The van der Waals surface area contributed by atoms with E-state index in [2.05, 4.69) is 4.98 Å². The van der Waals surface area contributed by atoms with Gasteiger partial charge in [0.1, 0.15) is 27.6 Å². The maximum Gasteiger partial charge on any atom is 0.142 e. The lowest BCUT2D eigenvalue weighted by Crippen LogP contribution is -1.89. The fourth-order valence-corrected chi connectivity index (χ4v) is 2.45. The Hall–Kier alpha value is -1.84. The van der Waals surface area contributed by atoms with E-state index in [1.165, 1.54) is 12.1 Å². The topological polar surface area (TPSA) is 22.1 Å². The van der Waals surface area contributed by atoms with Crippen molar-refractivity contribution in [3.8, 4) is 11.5 Å². The Morgan fingerprint density at radius 2 is 1.75 bits per heavy atom. The van der Waals surface area contributed by atoms with Gasteiger partial charge in [0.15, 0.2) is 0 Å². The SMILES string of the molecule is Fc1ccc(Oc2cccc3cc(Cl)nc(Cl)c23)cc1. The molecule has 3 aromatic rings. The molecule has 0 aliphatic heterocycles. The van der Waals surface area contributed by atoms with Crippen molar-refractivity contribution in [2.45, 2.75) is 0 Å². The van der Waals surface area contributed by atoms with Crippen molar-refractivity contribution in [1.82, 2.24) is 4.98 Å². The molecule has 1 heterocycles. The van der Waals surface area contributed by atoms with Crippen LogP contribution in [-0.4, -0.2) is 4.98 Å². The summed E-state index contributed by atoms with van der Waals surface area (Å²) in [5, 5.41) is 2.09. The van der Waals surface area contributed by atoms with Crippen molar-refractivity contribution in [1.29, 1.82) is 0 Å².